The van der Waals surface area contributed by atoms with Crippen molar-refractivity contribution in [1.82, 2.24) is 0 Å². The lowest BCUT2D eigenvalue weighted by molar-refractivity contribution is -0.483. The first-order valence-corrected chi connectivity index (χ1v) is 5.04. The largest absolute Gasteiger partial charge is 0.496 e. The molecular weight excluding hydrogens is 206 g/mol. The third-order valence-corrected chi connectivity index (χ3v) is 2.40. The highest BCUT2D eigenvalue weighted by molar-refractivity contribution is 5.36. The van der Waals surface area contributed by atoms with Gasteiger partial charge in [-0.3, -0.25) is 10.1 Å². The van der Waals surface area contributed by atoms with Crippen LogP contribution in [0, 0.1) is 10.1 Å². The molecular formula is C12H15NO3. The number of allylic oxidation sites excluding steroid dienone is 1. The van der Waals surface area contributed by atoms with Gasteiger partial charge in [0.2, 0.25) is 6.54 Å². The van der Waals surface area contributed by atoms with Crippen molar-refractivity contribution in [2.24, 2.45) is 0 Å². The molecule has 0 aliphatic heterocycles. The normalized spacial score (nSPS) is 11.8. The van der Waals surface area contributed by atoms with Crippen molar-refractivity contribution in [3.05, 3.63) is 52.6 Å². The zero-order valence-electron chi connectivity index (χ0n) is 9.26. The van der Waals surface area contributed by atoms with E-state index in [1.807, 2.05) is 24.3 Å². The molecule has 1 aromatic rings. The van der Waals surface area contributed by atoms with Gasteiger partial charge >= 0.3 is 0 Å². The number of nitrogens with zero attached hydrogens (tertiary/aromatic N) is 1. The number of benzene rings is 1. The summed E-state index contributed by atoms with van der Waals surface area (Å²) in [7, 11) is 1.57. The van der Waals surface area contributed by atoms with E-state index in [1.165, 1.54) is 0 Å². The van der Waals surface area contributed by atoms with Crippen LogP contribution in [0.1, 0.15) is 17.9 Å². The Hall–Kier alpha value is -1.84. The van der Waals surface area contributed by atoms with Crippen molar-refractivity contribution in [3.8, 4) is 5.75 Å². The van der Waals surface area contributed by atoms with Crippen LogP contribution in [-0.4, -0.2) is 18.6 Å². The third kappa shape index (κ3) is 3.08. The van der Waals surface area contributed by atoms with Crippen molar-refractivity contribution in [1.29, 1.82) is 0 Å². The van der Waals surface area contributed by atoms with Crippen LogP contribution in [0.25, 0.3) is 0 Å². The molecule has 1 rings (SSSR count). The maximum atomic E-state index is 10.6. The van der Waals surface area contributed by atoms with Gasteiger partial charge in [-0.1, -0.05) is 24.3 Å². The Kier molecular flexibility index (Phi) is 4.51. The van der Waals surface area contributed by atoms with E-state index in [4.69, 9.17) is 4.74 Å². The monoisotopic (exact) mass is 221 g/mol. The molecule has 1 unspecified atom stereocenters. The van der Waals surface area contributed by atoms with Gasteiger partial charge in [0.15, 0.2) is 0 Å². The molecule has 4 nitrogen and oxygen atoms in total. The van der Waals surface area contributed by atoms with Crippen LogP contribution in [0.15, 0.2) is 36.9 Å². The maximum absolute atomic E-state index is 10.6. The molecule has 0 spiro atoms. The molecule has 0 radical (unpaired) electrons. The zero-order chi connectivity index (χ0) is 12.0. The number of methoxy groups -OCH3 is 1. The fourth-order valence-electron chi connectivity index (χ4n) is 1.68. The number of para-hydroxylation sites is 1. The second-order valence-electron chi connectivity index (χ2n) is 3.48. The van der Waals surface area contributed by atoms with Gasteiger partial charge in [-0.2, -0.15) is 0 Å². The van der Waals surface area contributed by atoms with Gasteiger partial charge in [0, 0.05) is 10.5 Å². The number of nitro groups is 1. The van der Waals surface area contributed by atoms with E-state index >= 15 is 0 Å². The Morgan fingerprint density at radius 1 is 1.56 bits per heavy atom. The van der Waals surface area contributed by atoms with Gasteiger partial charge in [-0.25, -0.2) is 0 Å². The van der Waals surface area contributed by atoms with Gasteiger partial charge in [-0.15, -0.1) is 6.58 Å². The zero-order valence-corrected chi connectivity index (χ0v) is 9.26. The van der Waals surface area contributed by atoms with E-state index in [1.54, 1.807) is 13.2 Å². The van der Waals surface area contributed by atoms with Crippen LogP contribution in [0.5, 0.6) is 5.75 Å². The highest BCUT2D eigenvalue weighted by Gasteiger charge is 2.19. The van der Waals surface area contributed by atoms with Gasteiger partial charge in [0.05, 0.1) is 13.0 Å². The quantitative estimate of drug-likeness (QED) is 0.421. The smallest absolute Gasteiger partial charge is 0.211 e. The van der Waals surface area contributed by atoms with Crippen LogP contribution in [0.3, 0.4) is 0 Å². The molecule has 0 saturated heterocycles. The molecule has 0 fully saturated rings. The van der Waals surface area contributed by atoms with Crippen molar-refractivity contribution in [3.63, 3.8) is 0 Å². The Morgan fingerprint density at radius 2 is 2.25 bits per heavy atom. The molecule has 16 heavy (non-hydrogen) atoms. The van der Waals surface area contributed by atoms with Crippen molar-refractivity contribution in [2.75, 3.05) is 13.7 Å². The minimum atomic E-state index is -0.305. The molecule has 0 N–H and O–H groups in total. The van der Waals surface area contributed by atoms with E-state index in [2.05, 4.69) is 6.58 Å². The standard InChI is InChI=1S/C12H15NO3/c1-3-6-10(9-13(14)15)11-7-4-5-8-12(11)16-2/h3-5,7-8,10H,1,6,9H2,2H3. The summed E-state index contributed by atoms with van der Waals surface area (Å²) in [5, 5.41) is 10.6. The minimum Gasteiger partial charge on any atom is -0.496 e. The number of hydrogen-bond donors (Lipinski definition) is 0. The second kappa shape index (κ2) is 5.90. The Balaban J connectivity index is 2.99. The molecule has 0 bridgehead atoms. The van der Waals surface area contributed by atoms with Crippen LogP contribution in [0.2, 0.25) is 0 Å². The predicted octanol–water partition coefficient (Wildman–Crippen LogP) is 2.63. The summed E-state index contributed by atoms with van der Waals surface area (Å²) >= 11 is 0. The lowest BCUT2D eigenvalue weighted by Gasteiger charge is -2.14. The maximum Gasteiger partial charge on any atom is 0.211 e. The van der Waals surface area contributed by atoms with E-state index in [-0.39, 0.29) is 17.4 Å². The van der Waals surface area contributed by atoms with Crippen molar-refractivity contribution < 1.29 is 9.66 Å². The van der Waals surface area contributed by atoms with Crippen LogP contribution in [0.4, 0.5) is 0 Å². The Morgan fingerprint density at radius 3 is 2.81 bits per heavy atom. The van der Waals surface area contributed by atoms with Crippen molar-refractivity contribution >= 4 is 0 Å². The van der Waals surface area contributed by atoms with Gasteiger partial charge in [0.25, 0.3) is 0 Å². The average molecular weight is 221 g/mol. The van der Waals surface area contributed by atoms with Crippen LogP contribution >= 0.6 is 0 Å². The Bertz CT molecular complexity index is 376. The first kappa shape index (κ1) is 12.2. The molecule has 0 aliphatic rings. The summed E-state index contributed by atoms with van der Waals surface area (Å²) < 4.78 is 5.20. The van der Waals surface area contributed by atoms with Gasteiger partial charge in [0.1, 0.15) is 5.75 Å². The highest BCUT2D eigenvalue weighted by atomic mass is 16.6. The number of rotatable bonds is 6. The molecule has 0 saturated carbocycles. The van der Waals surface area contributed by atoms with E-state index in [9.17, 15) is 10.1 Å². The summed E-state index contributed by atoms with van der Waals surface area (Å²) in [6.07, 6.45) is 2.27. The first-order chi connectivity index (χ1) is 7.69. The summed E-state index contributed by atoms with van der Waals surface area (Å²) in [6, 6.07) is 7.37. The van der Waals surface area contributed by atoms with E-state index < -0.39 is 0 Å². The lowest BCUT2D eigenvalue weighted by atomic mass is 9.95. The summed E-state index contributed by atoms with van der Waals surface area (Å²) in [5.41, 5.74) is 0.863. The van der Waals surface area contributed by atoms with E-state index in [0.717, 1.165) is 5.56 Å². The molecule has 4 heteroatoms. The second-order valence-corrected chi connectivity index (χ2v) is 3.48. The highest BCUT2D eigenvalue weighted by Crippen LogP contribution is 2.29. The van der Waals surface area contributed by atoms with Crippen LogP contribution < -0.4 is 4.74 Å². The van der Waals surface area contributed by atoms with E-state index in [0.29, 0.717) is 12.2 Å². The molecule has 0 heterocycles. The van der Waals surface area contributed by atoms with Crippen molar-refractivity contribution in [2.45, 2.75) is 12.3 Å². The van der Waals surface area contributed by atoms with Gasteiger partial charge < -0.3 is 4.74 Å². The SMILES string of the molecule is C=CCC(C[N+](=O)[O-])c1ccccc1OC. The molecule has 1 aromatic carbocycles. The summed E-state index contributed by atoms with van der Waals surface area (Å²) in [4.78, 5) is 10.3. The third-order valence-electron chi connectivity index (χ3n) is 2.40. The topological polar surface area (TPSA) is 52.4 Å². The first-order valence-electron chi connectivity index (χ1n) is 5.04. The number of hydrogen-bond acceptors (Lipinski definition) is 3. The Labute approximate surface area is 94.7 Å². The fourth-order valence-corrected chi connectivity index (χ4v) is 1.68. The lowest BCUT2D eigenvalue weighted by Crippen LogP contribution is -2.12. The molecule has 1 atom stereocenters. The minimum absolute atomic E-state index is 0.105. The number of ether oxygens (including phenoxy) is 1. The average Bonchev–Trinajstić information content (AvgIpc) is 2.28. The molecule has 0 amide bonds. The fraction of sp³-hybridized carbons (Fsp3) is 0.333. The van der Waals surface area contributed by atoms with Gasteiger partial charge in [-0.05, 0) is 12.5 Å². The van der Waals surface area contributed by atoms with Crippen LogP contribution in [-0.2, 0) is 0 Å². The molecule has 0 aliphatic carbocycles. The summed E-state index contributed by atoms with van der Waals surface area (Å²) in [6.45, 7) is 3.52. The molecule has 0 aromatic heterocycles. The summed E-state index contributed by atoms with van der Waals surface area (Å²) in [5.74, 6) is 0.514. The molecule has 86 valence electrons. The predicted molar refractivity (Wildman–Crippen MR) is 62.4 cm³/mol.